The lowest BCUT2D eigenvalue weighted by Gasteiger charge is -2.28. The summed E-state index contributed by atoms with van der Waals surface area (Å²) in [5.41, 5.74) is 6.67. The van der Waals surface area contributed by atoms with Crippen molar-refractivity contribution in [3.63, 3.8) is 0 Å². The Morgan fingerprint density at radius 1 is 1.03 bits per heavy atom. The Balaban J connectivity index is 1.60. The number of carbonyl (C=O) groups is 1. The number of hydrogen-bond donors (Lipinski definition) is 1. The molecule has 2 aromatic heterocycles. The zero-order chi connectivity index (χ0) is 26.8. The lowest BCUT2D eigenvalue weighted by molar-refractivity contribution is 0.0600. The molecule has 7 nitrogen and oxygen atoms in total. The van der Waals surface area contributed by atoms with Gasteiger partial charge in [-0.3, -0.25) is 4.98 Å². The Bertz CT molecular complexity index is 1450. The molecule has 0 aliphatic carbocycles. The lowest BCUT2D eigenvalue weighted by atomic mass is 9.96. The molecule has 0 amide bonds. The number of anilines is 1. The van der Waals surface area contributed by atoms with Crippen molar-refractivity contribution >= 4 is 29.0 Å². The number of nitrogens with zero attached hydrogens (tertiary/aromatic N) is 3. The van der Waals surface area contributed by atoms with E-state index in [1.807, 2.05) is 67.7 Å². The van der Waals surface area contributed by atoms with Crippen LogP contribution < -0.4 is 15.0 Å². The first-order valence-corrected chi connectivity index (χ1v) is 12.9. The fourth-order valence-corrected chi connectivity index (χ4v) is 5.51. The van der Waals surface area contributed by atoms with Crippen molar-refractivity contribution in [2.75, 3.05) is 18.6 Å². The predicted octanol–water partition coefficient (Wildman–Crippen LogP) is 5.85. The van der Waals surface area contributed by atoms with Crippen LogP contribution in [0.2, 0.25) is 0 Å². The van der Waals surface area contributed by atoms with Crippen LogP contribution >= 0.6 is 12.2 Å². The van der Waals surface area contributed by atoms with Crippen LogP contribution in [0.1, 0.15) is 52.0 Å². The number of rotatable bonds is 7. The van der Waals surface area contributed by atoms with Crippen LogP contribution in [0.3, 0.4) is 0 Å². The van der Waals surface area contributed by atoms with E-state index in [1.165, 1.54) is 7.11 Å². The second-order valence-corrected chi connectivity index (χ2v) is 9.51. The second kappa shape index (κ2) is 10.7. The lowest BCUT2D eigenvalue weighted by Crippen LogP contribution is -2.29. The maximum absolute atomic E-state index is 11.9. The Morgan fingerprint density at radius 2 is 1.74 bits per heavy atom. The average molecular weight is 527 g/mol. The first kappa shape index (κ1) is 25.5. The van der Waals surface area contributed by atoms with Crippen molar-refractivity contribution in [3.8, 4) is 11.4 Å². The van der Waals surface area contributed by atoms with Gasteiger partial charge in [-0.1, -0.05) is 6.07 Å². The third-order valence-corrected chi connectivity index (χ3v) is 7.17. The molecule has 38 heavy (non-hydrogen) atoms. The van der Waals surface area contributed by atoms with Gasteiger partial charge in [-0.05, 0) is 105 Å². The van der Waals surface area contributed by atoms with Gasteiger partial charge in [0.25, 0.3) is 0 Å². The second-order valence-electron chi connectivity index (χ2n) is 9.12. The maximum atomic E-state index is 11.9. The van der Waals surface area contributed by atoms with Crippen LogP contribution in [0, 0.1) is 13.8 Å². The summed E-state index contributed by atoms with van der Waals surface area (Å²) in [5, 5.41) is 4.17. The first-order chi connectivity index (χ1) is 18.4. The first-order valence-electron chi connectivity index (χ1n) is 12.5. The van der Waals surface area contributed by atoms with Crippen molar-refractivity contribution in [2.45, 2.75) is 32.9 Å². The molecule has 0 radical (unpaired) electrons. The molecule has 0 spiro atoms. The van der Waals surface area contributed by atoms with E-state index in [2.05, 4.69) is 39.7 Å². The summed E-state index contributed by atoms with van der Waals surface area (Å²) in [6, 6.07) is 23.3. The van der Waals surface area contributed by atoms with Crippen LogP contribution in [0.15, 0.2) is 79.0 Å². The molecule has 1 saturated heterocycles. The van der Waals surface area contributed by atoms with Crippen LogP contribution in [0.5, 0.6) is 5.75 Å². The summed E-state index contributed by atoms with van der Waals surface area (Å²) in [5.74, 6) is 0.466. The standard InChI is InChI=1S/C30H30N4O3S/c1-5-37-24-15-13-23(14-16-24)34-28(27(32-30(34)38)26-8-6-7-17-31-26)25-18-19(2)33(20(25)3)22-11-9-21(10-12-22)29(35)36-4/h6-18,27-28H,5H2,1-4H3,(H,32,38)/t27-,28-/m1/s1. The van der Waals surface area contributed by atoms with E-state index < -0.39 is 0 Å². The van der Waals surface area contributed by atoms with Gasteiger partial charge in [0, 0.05) is 29.0 Å². The molecule has 8 heteroatoms. The summed E-state index contributed by atoms with van der Waals surface area (Å²) in [6.45, 7) is 6.78. The number of esters is 1. The van der Waals surface area contributed by atoms with Crippen molar-refractivity contribution in [1.82, 2.24) is 14.9 Å². The number of benzene rings is 2. The van der Waals surface area contributed by atoms with Gasteiger partial charge in [0.05, 0.1) is 37.1 Å². The molecule has 5 rings (SSSR count). The number of nitrogens with one attached hydrogen (secondary N) is 1. The summed E-state index contributed by atoms with van der Waals surface area (Å²) < 4.78 is 12.7. The van der Waals surface area contributed by atoms with Gasteiger partial charge < -0.3 is 24.3 Å². The van der Waals surface area contributed by atoms with Crippen LogP contribution in [-0.4, -0.2) is 34.3 Å². The van der Waals surface area contributed by atoms with Crippen molar-refractivity contribution < 1.29 is 14.3 Å². The fraction of sp³-hybridized carbons (Fsp3) is 0.233. The topological polar surface area (TPSA) is 68.6 Å². The van der Waals surface area contributed by atoms with Crippen molar-refractivity contribution in [1.29, 1.82) is 0 Å². The van der Waals surface area contributed by atoms with E-state index in [4.69, 9.17) is 21.7 Å². The Morgan fingerprint density at radius 3 is 2.37 bits per heavy atom. The predicted molar refractivity (Wildman–Crippen MR) is 152 cm³/mol. The van der Waals surface area contributed by atoms with Crippen LogP contribution in [-0.2, 0) is 4.74 Å². The number of aryl methyl sites for hydroxylation is 1. The van der Waals surface area contributed by atoms with E-state index >= 15 is 0 Å². The van der Waals surface area contributed by atoms with Gasteiger partial charge in [-0.15, -0.1) is 0 Å². The number of ether oxygens (including phenoxy) is 2. The average Bonchev–Trinajstić information content (AvgIpc) is 3.44. The smallest absolute Gasteiger partial charge is 0.337 e. The SMILES string of the molecule is CCOc1ccc(N2C(=S)N[C@H](c3ccccn3)[C@H]2c2cc(C)n(-c3ccc(C(=O)OC)cc3)c2C)cc1. The normalized spacial score (nSPS) is 16.8. The molecule has 194 valence electrons. The molecule has 0 saturated carbocycles. The highest BCUT2D eigenvalue weighted by Crippen LogP contribution is 2.44. The highest BCUT2D eigenvalue weighted by molar-refractivity contribution is 7.80. The van der Waals surface area contributed by atoms with Crippen molar-refractivity contribution in [3.05, 3.63) is 107 Å². The molecule has 2 atom stereocenters. The number of carbonyl (C=O) groups excluding carboxylic acids is 1. The zero-order valence-electron chi connectivity index (χ0n) is 21.8. The van der Waals surface area contributed by atoms with Gasteiger partial charge in [-0.25, -0.2) is 4.79 Å². The minimum absolute atomic E-state index is 0.135. The van der Waals surface area contributed by atoms with Crippen LogP contribution in [0.4, 0.5) is 5.69 Å². The van der Waals surface area contributed by atoms with Crippen LogP contribution in [0.25, 0.3) is 5.69 Å². The van der Waals surface area contributed by atoms with Gasteiger partial charge in [-0.2, -0.15) is 0 Å². The minimum atomic E-state index is -0.354. The van der Waals surface area contributed by atoms with Crippen molar-refractivity contribution in [2.24, 2.45) is 0 Å². The quantitative estimate of drug-likeness (QED) is 0.239. The largest absolute Gasteiger partial charge is 0.494 e. The molecule has 3 heterocycles. The zero-order valence-corrected chi connectivity index (χ0v) is 22.7. The molecule has 4 aromatic rings. The number of aromatic nitrogens is 2. The van der Waals surface area contributed by atoms with E-state index in [0.29, 0.717) is 17.3 Å². The maximum Gasteiger partial charge on any atom is 0.337 e. The minimum Gasteiger partial charge on any atom is -0.494 e. The Labute approximate surface area is 228 Å². The van der Waals surface area contributed by atoms with E-state index in [0.717, 1.165) is 39.8 Å². The summed E-state index contributed by atoms with van der Waals surface area (Å²) in [7, 11) is 1.39. The highest BCUT2D eigenvalue weighted by atomic mass is 32.1. The molecule has 1 aliphatic rings. The van der Waals surface area contributed by atoms with Gasteiger partial charge >= 0.3 is 5.97 Å². The molecule has 2 aromatic carbocycles. The summed E-state index contributed by atoms with van der Waals surface area (Å²) >= 11 is 5.89. The summed E-state index contributed by atoms with van der Waals surface area (Å²) in [6.07, 6.45) is 1.81. The van der Waals surface area contributed by atoms with Gasteiger partial charge in [0.2, 0.25) is 0 Å². The fourth-order valence-electron chi connectivity index (χ4n) is 5.17. The number of hydrogen-bond acceptors (Lipinski definition) is 5. The highest BCUT2D eigenvalue weighted by Gasteiger charge is 2.42. The molecule has 0 bridgehead atoms. The molecular formula is C30H30N4O3S. The van der Waals surface area contributed by atoms with E-state index in [9.17, 15) is 4.79 Å². The number of pyridine rings is 1. The Kier molecular flexibility index (Phi) is 7.15. The molecule has 1 N–H and O–H groups in total. The molecular weight excluding hydrogens is 496 g/mol. The third kappa shape index (κ3) is 4.63. The van der Waals surface area contributed by atoms with Gasteiger partial charge in [0.1, 0.15) is 5.75 Å². The van der Waals surface area contributed by atoms with Gasteiger partial charge in [0.15, 0.2) is 5.11 Å². The number of methoxy groups -OCH3 is 1. The van der Waals surface area contributed by atoms with E-state index in [1.54, 1.807) is 12.1 Å². The molecule has 1 aliphatic heterocycles. The molecule has 1 fully saturated rings. The third-order valence-electron chi connectivity index (χ3n) is 6.86. The van der Waals surface area contributed by atoms with E-state index in [-0.39, 0.29) is 18.1 Å². The molecule has 0 unspecified atom stereocenters. The monoisotopic (exact) mass is 526 g/mol. The summed E-state index contributed by atoms with van der Waals surface area (Å²) in [4.78, 5) is 18.8. The number of thiocarbonyl (C=S) groups is 1. The Hall–Kier alpha value is -4.17.